The molecule has 4 rings (SSSR count). The highest BCUT2D eigenvalue weighted by molar-refractivity contribution is 6.31. The Balaban J connectivity index is 1.43. The highest BCUT2D eigenvalue weighted by atomic mass is 35.5. The summed E-state index contributed by atoms with van der Waals surface area (Å²) in [7, 11) is 0. The van der Waals surface area contributed by atoms with Gasteiger partial charge in [-0.1, -0.05) is 11.6 Å². The Morgan fingerprint density at radius 1 is 1.35 bits per heavy atom. The van der Waals surface area contributed by atoms with E-state index in [4.69, 9.17) is 21.1 Å². The molecule has 0 radical (unpaired) electrons. The fraction of sp³-hybridized carbons (Fsp3) is 0.476. The molecule has 2 N–H and O–H groups in total. The molecule has 1 saturated heterocycles. The molecule has 0 unspecified atom stereocenters. The molecule has 8 nitrogen and oxygen atoms in total. The van der Waals surface area contributed by atoms with Crippen LogP contribution in [0.5, 0.6) is 0 Å². The molecule has 2 aromatic rings. The van der Waals surface area contributed by atoms with Crippen LogP contribution in [-0.4, -0.2) is 52.2 Å². The lowest BCUT2D eigenvalue weighted by Crippen LogP contribution is -2.54. The maximum absolute atomic E-state index is 14.2. The number of rotatable bonds is 6. The Hall–Kier alpha value is -2.81. The first kappa shape index (κ1) is 21.4. The number of nitrogens with zero attached hydrogens (tertiary/aromatic N) is 3. The van der Waals surface area contributed by atoms with Crippen LogP contribution >= 0.6 is 11.6 Å². The van der Waals surface area contributed by atoms with Crippen molar-refractivity contribution in [1.82, 2.24) is 15.2 Å². The van der Waals surface area contributed by atoms with Gasteiger partial charge in [-0.05, 0) is 50.3 Å². The average Bonchev–Trinajstić information content (AvgIpc) is 3.43. The smallest absolute Gasteiger partial charge is 0.373 e. The fourth-order valence-electron chi connectivity index (χ4n) is 3.96. The van der Waals surface area contributed by atoms with Crippen LogP contribution in [0.25, 0.3) is 0 Å². The summed E-state index contributed by atoms with van der Waals surface area (Å²) >= 11 is 5.95. The van der Waals surface area contributed by atoms with Crippen LogP contribution in [0, 0.1) is 12.7 Å². The number of amides is 2. The number of carbonyl (C=O) groups is 2. The number of aromatic nitrogens is 1. The van der Waals surface area contributed by atoms with E-state index in [-0.39, 0.29) is 36.4 Å². The van der Waals surface area contributed by atoms with Crippen LogP contribution in [0.3, 0.4) is 0 Å². The number of nitrogens with one attached hydrogen (secondary N) is 1. The van der Waals surface area contributed by atoms with Gasteiger partial charge in [-0.3, -0.25) is 0 Å². The van der Waals surface area contributed by atoms with Gasteiger partial charge >= 0.3 is 12.0 Å². The van der Waals surface area contributed by atoms with Gasteiger partial charge in [-0.2, -0.15) is 0 Å². The summed E-state index contributed by atoms with van der Waals surface area (Å²) in [6.45, 7) is 3.03. The van der Waals surface area contributed by atoms with Crippen LogP contribution in [-0.2, 0) is 6.54 Å². The normalized spacial score (nSPS) is 18.7. The minimum Gasteiger partial charge on any atom is -0.475 e. The maximum Gasteiger partial charge on any atom is 0.373 e. The molecule has 1 aromatic heterocycles. The average molecular weight is 451 g/mol. The van der Waals surface area contributed by atoms with Crippen molar-refractivity contribution in [3.05, 3.63) is 46.1 Å². The van der Waals surface area contributed by atoms with E-state index in [1.54, 1.807) is 13.0 Å². The van der Waals surface area contributed by atoms with Crippen molar-refractivity contribution in [1.29, 1.82) is 0 Å². The predicted octanol–water partition coefficient (Wildman–Crippen LogP) is 3.82. The zero-order valence-electron chi connectivity index (χ0n) is 17.1. The third-order valence-corrected chi connectivity index (χ3v) is 6.10. The fourth-order valence-corrected chi connectivity index (χ4v) is 4.11. The molecule has 10 heteroatoms. The summed E-state index contributed by atoms with van der Waals surface area (Å²) in [6, 6.07) is 3.00. The van der Waals surface area contributed by atoms with E-state index in [0.29, 0.717) is 23.7 Å². The second-order valence-corrected chi connectivity index (χ2v) is 8.45. The quantitative estimate of drug-likeness (QED) is 0.694. The molecule has 1 aliphatic heterocycles. The Kier molecular flexibility index (Phi) is 6.04. The second kappa shape index (κ2) is 8.74. The number of hydrogen-bond donors (Lipinski definition) is 2. The number of aromatic carboxylic acids is 1. The predicted molar refractivity (Wildman–Crippen MR) is 112 cm³/mol. The number of carboxylic acids is 1. The van der Waals surface area contributed by atoms with Gasteiger partial charge in [0.2, 0.25) is 5.76 Å². The molecule has 2 fully saturated rings. The lowest BCUT2D eigenvalue weighted by atomic mass is 10.0. The molecule has 31 heavy (non-hydrogen) atoms. The van der Waals surface area contributed by atoms with Gasteiger partial charge in [0.25, 0.3) is 6.01 Å². The summed E-state index contributed by atoms with van der Waals surface area (Å²) in [4.78, 5) is 31.9. The van der Waals surface area contributed by atoms with Crippen molar-refractivity contribution in [2.45, 2.75) is 51.2 Å². The van der Waals surface area contributed by atoms with Crippen molar-refractivity contribution in [3.8, 4) is 0 Å². The standard InChI is InChI=1S/C21H24ClFN4O4/c1-12-7-13(17(23)8-16(12)22)9-24-20(30)27(14-4-5-14)15-3-2-6-26(11-15)21-25-10-18(31-21)19(28)29/h7-8,10,14-15H,2-6,9,11H2,1H3,(H,24,30)(H,28,29)/t15-/m1/s1. The van der Waals surface area contributed by atoms with E-state index in [1.165, 1.54) is 12.3 Å². The van der Waals surface area contributed by atoms with E-state index in [2.05, 4.69) is 10.3 Å². The van der Waals surface area contributed by atoms with Gasteiger partial charge in [0.05, 0.1) is 12.2 Å². The Labute approximate surface area is 184 Å². The summed E-state index contributed by atoms with van der Waals surface area (Å²) in [5, 5.41) is 12.2. The van der Waals surface area contributed by atoms with E-state index in [0.717, 1.165) is 31.2 Å². The molecule has 0 bridgehead atoms. The number of aryl methyl sites for hydroxylation is 1. The van der Waals surface area contributed by atoms with Crippen LogP contribution in [0.4, 0.5) is 15.2 Å². The highest BCUT2D eigenvalue weighted by Gasteiger charge is 2.39. The van der Waals surface area contributed by atoms with Crippen LogP contribution < -0.4 is 10.2 Å². The van der Waals surface area contributed by atoms with E-state index in [9.17, 15) is 14.0 Å². The summed E-state index contributed by atoms with van der Waals surface area (Å²) in [6.07, 6.45) is 4.69. The lowest BCUT2D eigenvalue weighted by molar-refractivity contribution is 0.0663. The zero-order chi connectivity index (χ0) is 22.1. The third kappa shape index (κ3) is 4.76. The van der Waals surface area contributed by atoms with Crippen molar-refractivity contribution >= 4 is 29.6 Å². The molecule has 2 aliphatic rings. The topological polar surface area (TPSA) is 98.9 Å². The van der Waals surface area contributed by atoms with Crippen LogP contribution in [0.2, 0.25) is 5.02 Å². The lowest BCUT2D eigenvalue weighted by Gasteiger charge is -2.39. The minimum absolute atomic E-state index is 0.0711. The van der Waals surface area contributed by atoms with Crippen molar-refractivity contribution in [2.75, 3.05) is 18.0 Å². The minimum atomic E-state index is -1.17. The number of urea groups is 1. The van der Waals surface area contributed by atoms with Crippen molar-refractivity contribution in [3.63, 3.8) is 0 Å². The van der Waals surface area contributed by atoms with Crippen LogP contribution in [0.1, 0.15) is 47.4 Å². The largest absolute Gasteiger partial charge is 0.475 e. The van der Waals surface area contributed by atoms with Gasteiger partial charge in [-0.25, -0.2) is 19.0 Å². The molecule has 2 heterocycles. The second-order valence-electron chi connectivity index (χ2n) is 8.04. The molecule has 0 spiro atoms. The molecule has 1 aliphatic carbocycles. The van der Waals surface area contributed by atoms with E-state index in [1.807, 2.05) is 9.80 Å². The number of hydrogen-bond acceptors (Lipinski definition) is 5. The van der Waals surface area contributed by atoms with E-state index >= 15 is 0 Å². The van der Waals surface area contributed by atoms with Gasteiger partial charge in [0.1, 0.15) is 5.82 Å². The molecular weight excluding hydrogens is 427 g/mol. The molecule has 166 valence electrons. The van der Waals surface area contributed by atoms with Gasteiger partial charge < -0.3 is 24.6 Å². The van der Waals surface area contributed by atoms with Gasteiger partial charge in [0.15, 0.2) is 0 Å². The monoisotopic (exact) mass is 450 g/mol. The van der Waals surface area contributed by atoms with Gasteiger partial charge in [0, 0.05) is 36.3 Å². The third-order valence-electron chi connectivity index (χ3n) is 5.70. The number of halogens is 2. The van der Waals surface area contributed by atoms with Crippen molar-refractivity contribution < 1.29 is 23.5 Å². The first-order valence-electron chi connectivity index (χ1n) is 10.3. The number of carbonyl (C=O) groups excluding carboxylic acids is 1. The molecule has 1 aromatic carbocycles. The summed E-state index contributed by atoms with van der Waals surface area (Å²) in [5.74, 6) is -1.83. The Bertz CT molecular complexity index is 994. The Morgan fingerprint density at radius 2 is 2.13 bits per heavy atom. The Morgan fingerprint density at radius 3 is 2.81 bits per heavy atom. The summed E-state index contributed by atoms with van der Waals surface area (Å²) in [5.41, 5.74) is 1.14. The molecule has 1 atom stereocenters. The number of piperidine rings is 1. The number of benzene rings is 1. The summed E-state index contributed by atoms with van der Waals surface area (Å²) < 4.78 is 19.5. The van der Waals surface area contributed by atoms with Crippen LogP contribution in [0.15, 0.2) is 22.7 Å². The number of carboxylic acid groups (broad SMARTS) is 1. The SMILES string of the molecule is Cc1cc(CNC(=O)N(C2CC2)[C@@H]2CCCN(c3ncc(C(=O)O)o3)C2)c(F)cc1Cl. The maximum atomic E-state index is 14.2. The molecule has 1 saturated carbocycles. The van der Waals surface area contributed by atoms with Gasteiger partial charge in [-0.15, -0.1) is 0 Å². The molecule has 2 amide bonds. The molecular formula is C21H24ClFN4O4. The number of oxazole rings is 1. The first-order chi connectivity index (χ1) is 14.8. The number of anilines is 1. The van der Waals surface area contributed by atoms with E-state index < -0.39 is 11.8 Å². The highest BCUT2D eigenvalue weighted by Crippen LogP contribution is 2.32. The van der Waals surface area contributed by atoms with Crippen molar-refractivity contribution in [2.24, 2.45) is 0 Å². The first-order valence-corrected chi connectivity index (χ1v) is 10.7. The zero-order valence-corrected chi connectivity index (χ0v) is 17.9.